The zero-order valence-electron chi connectivity index (χ0n) is 17.5. The van der Waals surface area contributed by atoms with Gasteiger partial charge in [-0.15, -0.1) is 0 Å². The highest BCUT2D eigenvalue weighted by Crippen LogP contribution is 2.37. The second-order valence-corrected chi connectivity index (χ2v) is 7.38. The van der Waals surface area contributed by atoms with Gasteiger partial charge in [0, 0.05) is 18.9 Å². The average molecular weight is 434 g/mol. The number of fused-ring (bicyclic) bond motifs is 1. The lowest BCUT2D eigenvalue weighted by molar-refractivity contribution is -0.149. The number of esters is 3. The summed E-state index contributed by atoms with van der Waals surface area (Å²) in [6, 6.07) is 0. The van der Waals surface area contributed by atoms with E-state index in [1.165, 1.54) is 6.92 Å². The van der Waals surface area contributed by atoms with Crippen molar-refractivity contribution in [3.63, 3.8) is 0 Å². The van der Waals surface area contributed by atoms with Crippen molar-refractivity contribution in [3.8, 4) is 0 Å². The number of hydrogen-bond acceptors (Lipinski definition) is 9. The van der Waals surface area contributed by atoms with E-state index in [1.54, 1.807) is 13.0 Å². The van der Waals surface area contributed by atoms with Crippen LogP contribution in [-0.4, -0.2) is 65.4 Å². The van der Waals surface area contributed by atoms with Crippen molar-refractivity contribution in [2.45, 2.75) is 45.0 Å². The van der Waals surface area contributed by atoms with Crippen molar-refractivity contribution in [1.82, 2.24) is 0 Å². The van der Waals surface area contributed by atoms with Crippen LogP contribution in [0.25, 0.3) is 0 Å². The predicted octanol–water partition coefficient (Wildman–Crippen LogP) is 0.704. The van der Waals surface area contributed by atoms with E-state index < -0.39 is 61.1 Å². The number of carbonyl (C=O) groups is 4. The van der Waals surface area contributed by atoms with Gasteiger partial charge in [0.05, 0.1) is 31.1 Å². The topological polar surface area (TPSA) is 136 Å². The normalized spacial score (nSPS) is 28.9. The summed E-state index contributed by atoms with van der Waals surface area (Å²) in [6.45, 7) is 9.21. The lowest BCUT2D eigenvalue weighted by atomic mass is 9.83. The summed E-state index contributed by atoms with van der Waals surface area (Å²) in [5.74, 6) is -3.41. The van der Waals surface area contributed by atoms with Gasteiger partial charge in [0.25, 0.3) is 0 Å². The van der Waals surface area contributed by atoms with Crippen LogP contribution in [0.3, 0.4) is 0 Å². The van der Waals surface area contributed by atoms with Crippen LogP contribution in [0, 0.1) is 5.92 Å². The van der Waals surface area contributed by atoms with Gasteiger partial charge < -0.3 is 24.4 Å². The van der Waals surface area contributed by atoms with Crippen LogP contribution in [0.2, 0.25) is 0 Å². The molecular formula is C22H26O9. The molecule has 9 heteroatoms. The number of ether oxygens (including phenoxy) is 3. The van der Waals surface area contributed by atoms with Crippen molar-refractivity contribution in [1.29, 1.82) is 0 Å². The van der Waals surface area contributed by atoms with Crippen LogP contribution < -0.4 is 0 Å². The fraction of sp³-hybridized carbons (Fsp3) is 0.455. The fourth-order valence-corrected chi connectivity index (χ4v) is 3.49. The third kappa shape index (κ3) is 5.77. The smallest absolute Gasteiger partial charge is 0.336 e. The Labute approximate surface area is 179 Å². The van der Waals surface area contributed by atoms with Crippen LogP contribution in [0.5, 0.6) is 0 Å². The lowest BCUT2D eigenvalue weighted by Gasteiger charge is -2.29. The first-order valence-electron chi connectivity index (χ1n) is 9.67. The maximum atomic E-state index is 12.7. The van der Waals surface area contributed by atoms with E-state index in [9.17, 15) is 24.3 Å². The monoisotopic (exact) mass is 434 g/mol. The van der Waals surface area contributed by atoms with E-state index in [0.717, 1.165) is 6.08 Å². The highest BCUT2D eigenvalue weighted by Gasteiger charge is 2.45. The van der Waals surface area contributed by atoms with Gasteiger partial charge in [-0.1, -0.05) is 13.2 Å². The highest BCUT2D eigenvalue weighted by atomic mass is 16.6. The molecule has 0 bridgehead atoms. The number of ketones is 1. The Morgan fingerprint density at radius 3 is 2.48 bits per heavy atom. The molecule has 2 rings (SSSR count). The van der Waals surface area contributed by atoms with Crippen LogP contribution in [-0.2, 0) is 33.4 Å². The molecule has 1 heterocycles. The molecule has 0 spiro atoms. The third-order valence-corrected chi connectivity index (χ3v) is 5.15. The van der Waals surface area contributed by atoms with Gasteiger partial charge in [-0.05, 0) is 30.2 Å². The Hall–Kier alpha value is -3.04. The molecule has 168 valence electrons. The van der Waals surface area contributed by atoms with Crippen LogP contribution >= 0.6 is 0 Å². The van der Waals surface area contributed by atoms with Crippen LogP contribution in [0.15, 0.2) is 47.6 Å². The summed E-state index contributed by atoms with van der Waals surface area (Å²) in [4.78, 5) is 48.8. The summed E-state index contributed by atoms with van der Waals surface area (Å²) < 4.78 is 16.1. The Bertz CT molecular complexity index is 864. The first kappa shape index (κ1) is 24.2. The molecule has 0 amide bonds. The van der Waals surface area contributed by atoms with Gasteiger partial charge in [-0.25, -0.2) is 9.59 Å². The maximum Gasteiger partial charge on any atom is 0.336 e. The van der Waals surface area contributed by atoms with Gasteiger partial charge in [0.2, 0.25) is 0 Å². The quantitative estimate of drug-likeness (QED) is 0.277. The summed E-state index contributed by atoms with van der Waals surface area (Å²) in [5.41, 5.74) is 0.461. The van der Waals surface area contributed by atoms with E-state index in [2.05, 4.69) is 13.2 Å². The molecule has 2 N–H and O–H groups in total. The molecule has 0 radical (unpaired) electrons. The minimum absolute atomic E-state index is 0.0494. The first-order valence-corrected chi connectivity index (χ1v) is 9.67. The van der Waals surface area contributed by atoms with Crippen molar-refractivity contribution in [2.24, 2.45) is 5.92 Å². The van der Waals surface area contributed by atoms with Crippen molar-refractivity contribution in [3.05, 3.63) is 47.6 Å². The Balaban J connectivity index is 2.48. The number of rotatable bonds is 5. The molecular weight excluding hydrogens is 408 g/mol. The third-order valence-electron chi connectivity index (χ3n) is 5.15. The van der Waals surface area contributed by atoms with Crippen LogP contribution in [0.1, 0.15) is 26.7 Å². The van der Waals surface area contributed by atoms with Gasteiger partial charge in [-0.2, -0.15) is 0 Å². The number of carbonyl (C=O) groups excluding carboxylic acids is 4. The molecule has 1 saturated heterocycles. The van der Waals surface area contributed by atoms with Crippen molar-refractivity contribution >= 4 is 23.7 Å². The molecule has 1 aliphatic heterocycles. The summed E-state index contributed by atoms with van der Waals surface area (Å²) in [5, 5.41) is 18.4. The minimum atomic E-state index is -1.05. The Kier molecular flexibility index (Phi) is 8.07. The second kappa shape index (κ2) is 10.3. The molecule has 0 aromatic rings. The van der Waals surface area contributed by atoms with Crippen LogP contribution in [0.4, 0.5) is 0 Å². The Morgan fingerprint density at radius 2 is 1.90 bits per heavy atom. The molecule has 2 aliphatic rings. The minimum Gasteiger partial charge on any atom is -0.458 e. The van der Waals surface area contributed by atoms with Gasteiger partial charge in [0.1, 0.15) is 18.3 Å². The van der Waals surface area contributed by atoms with E-state index in [4.69, 9.17) is 19.3 Å². The predicted molar refractivity (Wildman–Crippen MR) is 107 cm³/mol. The van der Waals surface area contributed by atoms with Crippen molar-refractivity contribution < 1.29 is 43.6 Å². The van der Waals surface area contributed by atoms with E-state index in [-0.39, 0.29) is 29.6 Å². The highest BCUT2D eigenvalue weighted by molar-refractivity contribution is 5.96. The standard InChI is InChI=1S/C22H26O9/c1-11-7-18(31-22(28)15(10-24)5-6-23)20-13(3)21(27)30-19(20)8-12(2)17(9-16(11)26)29-14(4)25/h5,8,17-20,23-24H,1,3,6-7,9-10H2,2,4H3/b12-8+,15-5+/t17-,18+,19+,20+/m0/s1. The number of hydrogen-bond donors (Lipinski definition) is 2. The number of aliphatic hydroxyl groups is 2. The molecule has 1 aliphatic carbocycles. The van der Waals surface area contributed by atoms with Gasteiger partial charge in [-0.3, -0.25) is 9.59 Å². The SMILES string of the molecule is C=C1C[C@@H](OC(=O)/C(=C/CO)CO)[C@H]2C(=C)C(=O)O[C@@H]2/C=C(\C)[C@@H](OC(C)=O)CC1=O. The molecule has 31 heavy (non-hydrogen) atoms. The zero-order valence-corrected chi connectivity index (χ0v) is 17.5. The van der Waals surface area contributed by atoms with Gasteiger partial charge >= 0.3 is 17.9 Å². The van der Waals surface area contributed by atoms with E-state index >= 15 is 0 Å². The molecule has 4 atom stereocenters. The lowest BCUT2D eigenvalue weighted by Crippen LogP contribution is -2.36. The summed E-state index contributed by atoms with van der Waals surface area (Å²) >= 11 is 0. The summed E-state index contributed by atoms with van der Waals surface area (Å²) in [6.07, 6.45) is -0.431. The average Bonchev–Trinajstić information content (AvgIpc) is 2.96. The molecule has 0 saturated carbocycles. The Morgan fingerprint density at radius 1 is 1.23 bits per heavy atom. The van der Waals surface area contributed by atoms with Gasteiger partial charge in [0.15, 0.2) is 5.78 Å². The number of aliphatic hydroxyl groups excluding tert-OH is 2. The fourth-order valence-electron chi connectivity index (χ4n) is 3.49. The molecule has 9 nitrogen and oxygen atoms in total. The number of Topliss-reactive ketones (excluding diaryl/α,β-unsaturated/α-hetero) is 1. The largest absolute Gasteiger partial charge is 0.458 e. The van der Waals surface area contributed by atoms with Crippen molar-refractivity contribution in [2.75, 3.05) is 13.2 Å². The molecule has 0 unspecified atom stereocenters. The maximum absolute atomic E-state index is 12.7. The second-order valence-electron chi connectivity index (χ2n) is 7.38. The first-order chi connectivity index (χ1) is 14.6. The molecule has 0 aromatic carbocycles. The van der Waals surface area contributed by atoms with E-state index in [1.807, 2.05) is 0 Å². The zero-order chi connectivity index (χ0) is 23.3. The van der Waals surface area contributed by atoms with E-state index in [0.29, 0.717) is 5.57 Å². The summed E-state index contributed by atoms with van der Waals surface area (Å²) in [7, 11) is 0. The molecule has 1 fully saturated rings. The molecule has 0 aromatic heterocycles.